The van der Waals surface area contributed by atoms with Crippen LogP contribution in [0.15, 0.2) is 0 Å². The number of hydrogen-bond acceptors (Lipinski definition) is 3. The summed E-state index contributed by atoms with van der Waals surface area (Å²) in [6, 6.07) is 0.675. The average Bonchev–Trinajstić information content (AvgIpc) is 2.28. The lowest BCUT2D eigenvalue weighted by Gasteiger charge is -2.38. The summed E-state index contributed by atoms with van der Waals surface area (Å²) in [5.41, 5.74) is 0. The molecule has 1 aliphatic heterocycles. The molecule has 3 nitrogen and oxygen atoms in total. The zero-order valence-corrected chi connectivity index (χ0v) is 12.6. The summed E-state index contributed by atoms with van der Waals surface area (Å²) < 4.78 is 11.4. The summed E-state index contributed by atoms with van der Waals surface area (Å²) in [5, 5.41) is 3.92. The fourth-order valence-corrected chi connectivity index (χ4v) is 2.92. The molecule has 1 N–H and O–H groups in total. The minimum Gasteiger partial charge on any atom is -0.314 e. The van der Waals surface area contributed by atoms with Crippen molar-refractivity contribution in [2.24, 2.45) is 5.92 Å². The molecule has 1 fully saturated rings. The van der Waals surface area contributed by atoms with Gasteiger partial charge in [-0.1, -0.05) is 13.8 Å². The van der Waals surface area contributed by atoms with Crippen LogP contribution in [0.4, 0.5) is 0 Å². The van der Waals surface area contributed by atoms with E-state index in [1.54, 1.807) is 0 Å². The van der Waals surface area contributed by atoms with Gasteiger partial charge in [0.1, 0.15) is 0 Å². The van der Waals surface area contributed by atoms with Crippen LogP contribution in [0.3, 0.4) is 0 Å². The van der Waals surface area contributed by atoms with Gasteiger partial charge < -0.3 is 10.2 Å². The summed E-state index contributed by atoms with van der Waals surface area (Å²) in [4.78, 5) is 2.47. The number of rotatable bonds is 6. The second-order valence-electron chi connectivity index (χ2n) is 5.40. The second kappa shape index (κ2) is 7.49. The van der Waals surface area contributed by atoms with Gasteiger partial charge >= 0.3 is 0 Å². The average molecular weight is 260 g/mol. The molecule has 4 atom stereocenters. The van der Waals surface area contributed by atoms with Crippen molar-refractivity contribution in [3.8, 4) is 0 Å². The van der Waals surface area contributed by atoms with Crippen molar-refractivity contribution in [1.29, 1.82) is 0 Å². The van der Waals surface area contributed by atoms with Crippen molar-refractivity contribution < 1.29 is 4.21 Å². The molecule has 102 valence electrons. The molecule has 0 saturated carbocycles. The van der Waals surface area contributed by atoms with E-state index in [1.807, 2.05) is 6.26 Å². The van der Waals surface area contributed by atoms with Crippen molar-refractivity contribution in [1.82, 2.24) is 10.2 Å². The first-order valence-electron chi connectivity index (χ1n) is 6.82. The van der Waals surface area contributed by atoms with Crippen molar-refractivity contribution in [3.05, 3.63) is 0 Å². The highest BCUT2D eigenvalue weighted by Gasteiger charge is 2.26. The molecule has 1 heterocycles. The highest BCUT2D eigenvalue weighted by Crippen LogP contribution is 2.17. The fourth-order valence-electron chi connectivity index (χ4n) is 2.50. The maximum Gasteiger partial charge on any atom is 0.0444 e. The van der Waals surface area contributed by atoms with Crippen LogP contribution in [0.2, 0.25) is 0 Å². The predicted octanol–water partition coefficient (Wildman–Crippen LogP) is 1.46. The Morgan fingerprint density at radius 2 is 2.24 bits per heavy atom. The van der Waals surface area contributed by atoms with Gasteiger partial charge in [0, 0.05) is 41.4 Å². The molecule has 1 saturated heterocycles. The molecule has 0 aromatic rings. The van der Waals surface area contributed by atoms with Gasteiger partial charge in [-0.2, -0.15) is 0 Å². The van der Waals surface area contributed by atoms with E-state index in [9.17, 15) is 4.21 Å². The summed E-state index contributed by atoms with van der Waals surface area (Å²) in [6.07, 6.45) is 4.24. The zero-order chi connectivity index (χ0) is 12.8. The van der Waals surface area contributed by atoms with Crippen molar-refractivity contribution in [3.63, 3.8) is 0 Å². The lowest BCUT2D eigenvalue weighted by molar-refractivity contribution is 0.149. The molecular weight excluding hydrogens is 232 g/mol. The Balaban J connectivity index is 2.33. The van der Waals surface area contributed by atoms with E-state index < -0.39 is 10.8 Å². The Hall–Kier alpha value is 0.0700. The highest BCUT2D eigenvalue weighted by molar-refractivity contribution is 7.84. The minimum absolute atomic E-state index is 0.294. The summed E-state index contributed by atoms with van der Waals surface area (Å²) in [6.45, 7) is 11.0. The molecule has 17 heavy (non-hydrogen) atoms. The van der Waals surface area contributed by atoms with E-state index in [4.69, 9.17) is 0 Å². The van der Waals surface area contributed by atoms with Crippen LogP contribution in [0.25, 0.3) is 0 Å². The summed E-state index contributed by atoms with van der Waals surface area (Å²) >= 11 is 0. The van der Waals surface area contributed by atoms with E-state index in [2.05, 4.69) is 31.0 Å². The Morgan fingerprint density at radius 3 is 2.76 bits per heavy atom. The van der Waals surface area contributed by atoms with Gasteiger partial charge in [0.15, 0.2) is 0 Å². The minimum atomic E-state index is -0.694. The van der Waals surface area contributed by atoms with Crippen molar-refractivity contribution in [2.75, 3.05) is 32.4 Å². The third kappa shape index (κ3) is 5.06. The van der Waals surface area contributed by atoms with Crippen LogP contribution < -0.4 is 5.32 Å². The Bertz CT molecular complexity index is 248. The second-order valence-corrected chi connectivity index (χ2v) is 7.20. The first kappa shape index (κ1) is 15.1. The maximum absolute atomic E-state index is 11.4. The molecule has 0 bridgehead atoms. The van der Waals surface area contributed by atoms with E-state index in [0.717, 1.165) is 26.2 Å². The van der Waals surface area contributed by atoms with Crippen LogP contribution in [-0.4, -0.2) is 52.8 Å². The molecule has 4 unspecified atom stereocenters. The molecule has 4 heteroatoms. The van der Waals surface area contributed by atoms with Gasteiger partial charge in [0.2, 0.25) is 0 Å². The first-order valence-corrected chi connectivity index (χ1v) is 8.44. The quantitative estimate of drug-likeness (QED) is 0.785. The maximum atomic E-state index is 11.4. The standard InChI is InChI=1S/C13H28N2OS/c1-5-7-14-13-6-8-15(9-11(13)2)10-12(3)17(4)16/h11-14H,5-10H2,1-4H3. The molecule has 0 radical (unpaired) electrons. The predicted molar refractivity (Wildman–Crippen MR) is 75.8 cm³/mol. The monoisotopic (exact) mass is 260 g/mol. The van der Waals surface area contributed by atoms with Crippen LogP contribution in [-0.2, 0) is 10.8 Å². The van der Waals surface area contributed by atoms with Gasteiger partial charge in [0.05, 0.1) is 0 Å². The molecule has 0 aliphatic carbocycles. The number of hydrogen-bond donors (Lipinski definition) is 1. The molecule has 0 amide bonds. The van der Waals surface area contributed by atoms with E-state index in [-0.39, 0.29) is 0 Å². The van der Waals surface area contributed by atoms with Gasteiger partial charge in [-0.25, -0.2) is 0 Å². The van der Waals surface area contributed by atoms with Gasteiger partial charge in [-0.15, -0.1) is 0 Å². The number of nitrogens with one attached hydrogen (secondary N) is 1. The third-order valence-electron chi connectivity index (χ3n) is 3.73. The lowest BCUT2D eigenvalue weighted by Crippen LogP contribution is -2.50. The zero-order valence-electron chi connectivity index (χ0n) is 11.7. The fraction of sp³-hybridized carbons (Fsp3) is 1.00. The number of nitrogens with zero attached hydrogens (tertiary/aromatic N) is 1. The summed E-state index contributed by atoms with van der Waals surface area (Å²) in [7, 11) is -0.694. The first-order chi connectivity index (χ1) is 8.04. The molecule has 0 spiro atoms. The van der Waals surface area contributed by atoms with Gasteiger partial charge in [0.25, 0.3) is 0 Å². The third-order valence-corrected chi connectivity index (χ3v) is 5.01. The lowest BCUT2D eigenvalue weighted by atomic mass is 9.93. The Kier molecular flexibility index (Phi) is 6.67. The van der Waals surface area contributed by atoms with Crippen LogP contribution in [0.1, 0.15) is 33.6 Å². The van der Waals surface area contributed by atoms with Crippen LogP contribution in [0.5, 0.6) is 0 Å². The van der Waals surface area contributed by atoms with E-state index >= 15 is 0 Å². The molecule has 0 aromatic carbocycles. The molecule has 1 aliphatic rings. The molecular formula is C13H28N2OS. The highest BCUT2D eigenvalue weighted by atomic mass is 32.2. The topological polar surface area (TPSA) is 32.3 Å². The molecule has 0 aromatic heterocycles. The van der Waals surface area contributed by atoms with E-state index in [1.165, 1.54) is 12.8 Å². The SMILES string of the molecule is CCCNC1CCN(CC(C)S(C)=O)CC1C. The normalized spacial score (nSPS) is 30.1. The largest absolute Gasteiger partial charge is 0.314 e. The Labute approximate surface area is 109 Å². The smallest absolute Gasteiger partial charge is 0.0444 e. The van der Waals surface area contributed by atoms with E-state index in [0.29, 0.717) is 17.2 Å². The molecule has 1 rings (SSSR count). The van der Waals surface area contributed by atoms with Crippen molar-refractivity contribution >= 4 is 10.8 Å². The van der Waals surface area contributed by atoms with Gasteiger partial charge in [-0.05, 0) is 38.8 Å². The summed E-state index contributed by atoms with van der Waals surface area (Å²) in [5.74, 6) is 0.702. The van der Waals surface area contributed by atoms with Crippen LogP contribution in [0, 0.1) is 5.92 Å². The van der Waals surface area contributed by atoms with Crippen molar-refractivity contribution in [2.45, 2.75) is 44.9 Å². The number of piperidine rings is 1. The van der Waals surface area contributed by atoms with Crippen LogP contribution >= 0.6 is 0 Å². The Morgan fingerprint density at radius 1 is 1.53 bits per heavy atom. The van der Waals surface area contributed by atoms with Gasteiger partial charge in [-0.3, -0.25) is 4.21 Å². The number of likely N-dealkylation sites (tertiary alicyclic amines) is 1.